The fourth-order valence-corrected chi connectivity index (χ4v) is 3.75. The van der Waals surface area contributed by atoms with E-state index in [9.17, 15) is 0 Å². The van der Waals surface area contributed by atoms with Crippen molar-refractivity contribution in [3.05, 3.63) is 29.8 Å². The predicted octanol–water partition coefficient (Wildman–Crippen LogP) is 2.39. The van der Waals surface area contributed by atoms with Crippen molar-refractivity contribution in [2.24, 2.45) is 5.73 Å². The molecule has 0 aromatic heterocycles. The van der Waals surface area contributed by atoms with Crippen molar-refractivity contribution in [3.8, 4) is 5.75 Å². The number of rotatable bonds is 5. The molecule has 0 spiro atoms. The number of thioether (sulfide) groups is 1. The third-order valence-electron chi connectivity index (χ3n) is 4.19. The summed E-state index contributed by atoms with van der Waals surface area (Å²) in [6, 6.07) is 8.28. The summed E-state index contributed by atoms with van der Waals surface area (Å²) in [4.78, 5) is 2.57. The number of nitrogens with zero attached hydrogens (tertiary/aromatic N) is 1. The molecule has 0 saturated carbocycles. The lowest BCUT2D eigenvalue weighted by Gasteiger charge is -2.40. The van der Waals surface area contributed by atoms with Gasteiger partial charge in [0.1, 0.15) is 5.75 Å². The highest BCUT2D eigenvalue weighted by atomic mass is 32.2. The molecular weight excluding hydrogens is 268 g/mol. The van der Waals surface area contributed by atoms with Crippen molar-refractivity contribution >= 4 is 11.8 Å². The highest BCUT2D eigenvalue weighted by Gasteiger charge is 2.31. The first-order valence-corrected chi connectivity index (χ1v) is 8.50. The van der Waals surface area contributed by atoms with Gasteiger partial charge in [0.15, 0.2) is 0 Å². The van der Waals surface area contributed by atoms with E-state index in [2.05, 4.69) is 35.7 Å². The van der Waals surface area contributed by atoms with Gasteiger partial charge in [-0.3, -0.25) is 4.90 Å². The maximum Gasteiger partial charge on any atom is 0.122 e. The SMILES string of the molecule is COc1ccccc1CC(C)(CN)N1CCCSCC1. The topological polar surface area (TPSA) is 38.5 Å². The molecule has 20 heavy (non-hydrogen) atoms. The van der Waals surface area contributed by atoms with E-state index in [1.54, 1.807) is 7.11 Å². The fourth-order valence-electron chi connectivity index (χ4n) is 2.86. The van der Waals surface area contributed by atoms with Crippen LogP contribution in [0, 0.1) is 0 Å². The molecule has 1 saturated heterocycles. The standard InChI is InChI=1S/C16H26N2OS/c1-16(13-17,18-8-5-10-20-11-9-18)12-14-6-3-4-7-15(14)19-2/h3-4,6-7H,5,8-13,17H2,1-2H3. The van der Waals surface area contributed by atoms with E-state index in [1.807, 2.05) is 12.1 Å². The second-order valence-electron chi connectivity index (χ2n) is 5.64. The molecule has 2 N–H and O–H groups in total. The first-order chi connectivity index (χ1) is 9.69. The van der Waals surface area contributed by atoms with Crippen LogP contribution >= 0.6 is 11.8 Å². The Bertz CT molecular complexity index is 419. The van der Waals surface area contributed by atoms with Gasteiger partial charge >= 0.3 is 0 Å². The van der Waals surface area contributed by atoms with E-state index in [0.717, 1.165) is 25.3 Å². The summed E-state index contributed by atoms with van der Waals surface area (Å²) >= 11 is 2.05. The molecule has 1 heterocycles. The largest absolute Gasteiger partial charge is 0.496 e. The van der Waals surface area contributed by atoms with Gasteiger partial charge in [0, 0.05) is 24.4 Å². The van der Waals surface area contributed by atoms with Crippen LogP contribution in [0.4, 0.5) is 0 Å². The van der Waals surface area contributed by atoms with Crippen LogP contribution in [0.5, 0.6) is 5.75 Å². The summed E-state index contributed by atoms with van der Waals surface area (Å²) in [6.45, 7) is 5.24. The number of hydrogen-bond donors (Lipinski definition) is 1. The van der Waals surface area contributed by atoms with Crippen LogP contribution < -0.4 is 10.5 Å². The molecule has 3 nitrogen and oxygen atoms in total. The zero-order chi connectivity index (χ0) is 14.4. The van der Waals surface area contributed by atoms with Gasteiger partial charge < -0.3 is 10.5 Å². The van der Waals surface area contributed by atoms with Gasteiger partial charge in [-0.2, -0.15) is 11.8 Å². The van der Waals surface area contributed by atoms with E-state index in [4.69, 9.17) is 10.5 Å². The molecule has 1 unspecified atom stereocenters. The lowest BCUT2D eigenvalue weighted by atomic mass is 9.90. The van der Waals surface area contributed by atoms with Crippen molar-refractivity contribution in [2.75, 3.05) is 38.2 Å². The number of methoxy groups -OCH3 is 1. The Morgan fingerprint density at radius 2 is 2.10 bits per heavy atom. The third kappa shape index (κ3) is 3.68. The minimum atomic E-state index is 0.0134. The Labute approximate surface area is 126 Å². The van der Waals surface area contributed by atoms with Gasteiger partial charge in [-0.25, -0.2) is 0 Å². The number of benzene rings is 1. The van der Waals surface area contributed by atoms with Gasteiger partial charge in [-0.15, -0.1) is 0 Å². The number of hydrogen-bond acceptors (Lipinski definition) is 4. The molecule has 0 aliphatic carbocycles. The van der Waals surface area contributed by atoms with Crippen LogP contribution in [-0.2, 0) is 6.42 Å². The Balaban J connectivity index is 2.17. The third-order valence-corrected chi connectivity index (χ3v) is 5.24. The maximum absolute atomic E-state index is 6.14. The van der Waals surface area contributed by atoms with Gasteiger partial charge in [-0.05, 0) is 43.7 Å². The molecule has 4 heteroatoms. The molecule has 1 aliphatic rings. The average Bonchev–Trinajstić information content (AvgIpc) is 2.77. The lowest BCUT2D eigenvalue weighted by molar-refractivity contribution is 0.119. The molecule has 1 atom stereocenters. The molecule has 1 aromatic rings. The highest BCUT2D eigenvalue weighted by molar-refractivity contribution is 7.99. The van der Waals surface area contributed by atoms with Crippen LogP contribution in [0.3, 0.4) is 0 Å². The molecule has 0 amide bonds. The summed E-state index contributed by atoms with van der Waals surface area (Å²) in [5, 5.41) is 0. The van der Waals surface area contributed by atoms with Crippen LogP contribution in [-0.4, -0.2) is 48.7 Å². The number of ether oxygens (including phenoxy) is 1. The summed E-state index contributed by atoms with van der Waals surface area (Å²) in [5.74, 6) is 3.45. The predicted molar refractivity (Wildman–Crippen MR) is 87.7 cm³/mol. The van der Waals surface area contributed by atoms with Crippen molar-refractivity contribution < 1.29 is 4.74 Å². The number of nitrogens with two attached hydrogens (primary N) is 1. The Kier molecular flexibility index (Phi) is 5.75. The Morgan fingerprint density at radius 1 is 1.30 bits per heavy atom. The van der Waals surface area contributed by atoms with Crippen LogP contribution in [0.15, 0.2) is 24.3 Å². The minimum absolute atomic E-state index is 0.0134. The van der Waals surface area contributed by atoms with E-state index in [-0.39, 0.29) is 5.54 Å². The Morgan fingerprint density at radius 3 is 2.85 bits per heavy atom. The maximum atomic E-state index is 6.14. The van der Waals surface area contributed by atoms with Gasteiger partial charge in [0.2, 0.25) is 0 Å². The molecule has 1 aromatic carbocycles. The summed E-state index contributed by atoms with van der Waals surface area (Å²) in [7, 11) is 1.74. The zero-order valence-corrected chi connectivity index (χ0v) is 13.4. The molecule has 112 valence electrons. The van der Waals surface area contributed by atoms with E-state index in [1.165, 1.54) is 23.5 Å². The molecule has 0 bridgehead atoms. The van der Waals surface area contributed by atoms with E-state index in [0.29, 0.717) is 6.54 Å². The summed E-state index contributed by atoms with van der Waals surface area (Å²) in [5.41, 5.74) is 7.40. The quantitative estimate of drug-likeness (QED) is 0.905. The van der Waals surface area contributed by atoms with E-state index >= 15 is 0 Å². The average molecular weight is 294 g/mol. The lowest BCUT2D eigenvalue weighted by Crippen LogP contribution is -2.54. The smallest absolute Gasteiger partial charge is 0.122 e. The van der Waals surface area contributed by atoms with Crippen LogP contribution in [0.1, 0.15) is 18.9 Å². The van der Waals surface area contributed by atoms with E-state index < -0.39 is 0 Å². The van der Waals surface area contributed by atoms with Crippen molar-refractivity contribution in [2.45, 2.75) is 25.3 Å². The molecule has 0 radical (unpaired) electrons. The second kappa shape index (κ2) is 7.34. The Hall–Kier alpha value is -0.710. The first-order valence-electron chi connectivity index (χ1n) is 7.34. The van der Waals surface area contributed by atoms with Crippen LogP contribution in [0.2, 0.25) is 0 Å². The number of para-hydroxylation sites is 1. The monoisotopic (exact) mass is 294 g/mol. The minimum Gasteiger partial charge on any atom is -0.496 e. The zero-order valence-electron chi connectivity index (χ0n) is 12.6. The first kappa shape index (κ1) is 15.7. The molecular formula is C16H26N2OS. The van der Waals surface area contributed by atoms with Gasteiger partial charge in [0.25, 0.3) is 0 Å². The van der Waals surface area contributed by atoms with Crippen molar-refractivity contribution in [1.29, 1.82) is 0 Å². The summed E-state index contributed by atoms with van der Waals surface area (Å²) in [6.07, 6.45) is 2.20. The fraction of sp³-hybridized carbons (Fsp3) is 0.625. The van der Waals surface area contributed by atoms with Crippen molar-refractivity contribution in [3.63, 3.8) is 0 Å². The van der Waals surface area contributed by atoms with Crippen molar-refractivity contribution in [1.82, 2.24) is 4.90 Å². The van der Waals surface area contributed by atoms with Crippen LogP contribution in [0.25, 0.3) is 0 Å². The van der Waals surface area contributed by atoms with Gasteiger partial charge in [0.05, 0.1) is 7.11 Å². The molecule has 1 fully saturated rings. The molecule has 2 rings (SSSR count). The second-order valence-corrected chi connectivity index (χ2v) is 6.87. The summed E-state index contributed by atoms with van der Waals surface area (Å²) < 4.78 is 5.48. The normalized spacial score (nSPS) is 20.1. The molecule has 1 aliphatic heterocycles. The van der Waals surface area contributed by atoms with Gasteiger partial charge in [-0.1, -0.05) is 18.2 Å². The highest BCUT2D eigenvalue weighted by Crippen LogP contribution is 2.27.